The zero-order chi connectivity index (χ0) is 36.6. The van der Waals surface area contributed by atoms with Crippen molar-refractivity contribution in [2.75, 3.05) is 14.2 Å². The first-order chi connectivity index (χ1) is 25.6. The molecule has 2 heteroatoms. The van der Waals surface area contributed by atoms with Gasteiger partial charge in [-0.25, -0.2) is 0 Å². The summed E-state index contributed by atoms with van der Waals surface area (Å²) in [6.07, 6.45) is 18.0. The molecule has 2 bridgehead atoms. The topological polar surface area (TPSA) is 18.5 Å². The Morgan fingerprint density at radius 3 is 2.43 bits per heavy atom. The van der Waals surface area contributed by atoms with Crippen LogP contribution in [0.1, 0.15) is 79.0 Å². The molecule has 9 rings (SSSR count). The van der Waals surface area contributed by atoms with E-state index in [2.05, 4.69) is 156 Å². The Labute approximate surface area is 312 Å². The van der Waals surface area contributed by atoms with Gasteiger partial charge < -0.3 is 9.47 Å². The smallest absolute Gasteiger partial charge is 0.119 e. The molecule has 2 nitrogen and oxygen atoms in total. The molecule has 0 saturated carbocycles. The number of fused-ring (bicyclic) bond motifs is 4. The molecule has 262 valence electrons. The van der Waals surface area contributed by atoms with E-state index in [1.807, 2.05) is 0 Å². The summed E-state index contributed by atoms with van der Waals surface area (Å²) in [6.45, 7) is 13.5. The van der Waals surface area contributed by atoms with Crippen LogP contribution >= 0.6 is 0 Å². The maximum absolute atomic E-state index is 5.92. The predicted octanol–water partition coefficient (Wildman–Crippen LogP) is 9.08. The van der Waals surface area contributed by atoms with Crippen LogP contribution in [-0.2, 0) is 21.3 Å². The lowest BCUT2D eigenvalue weighted by molar-refractivity contribution is 0.307. The molecule has 0 fully saturated rings. The van der Waals surface area contributed by atoms with Crippen molar-refractivity contribution in [1.82, 2.24) is 0 Å². The van der Waals surface area contributed by atoms with E-state index in [9.17, 15) is 0 Å². The predicted molar refractivity (Wildman–Crippen MR) is 222 cm³/mol. The summed E-state index contributed by atoms with van der Waals surface area (Å²) in [5, 5.41) is 7.58. The zero-order valence-corrected chi connectivity index (χ0v) is 31.6. The van der Waals surface area contributed by atoms with Crippen molar-refractivity contribution in [3.05, 3.63) is 181 Å². The number of methoxy groups -OCH3 is 2. The van der Waals surface area contributed by atoms with E-state index >= 15 is 0 Å². The van der Waals surface area contributed by atoms with Gasteiger partial charge in [-0.2, -0.15) is 0 Å². The van der Waals surface area contributed by atoms with Crippen LogP contribution in [0.4, 0.5) is 0 Å². The largest absolute Gasteiger partial charge is 0.497 e. The highest BCUT2D eigenvalue weighted by molar-refractivity contribution is 5.97. The summed E-state index contributed by atoms with van der Waals surface area (Å²) in [6, 6.07) is 30.0. The third kappa shape index (κ3) is 5.46. The van der Waals surface area contributed by atoms with Gasteiger partial charge in [-0.1, -0.05) is 124 Å². The van der Waals surface area contributed by atoms with Crippen molar-refractivity contribution in [2.24, 2.45) is 5.92 Å². The zero-order valence-electron chi connectivity index (χ0n) is 31.6. The van der Waals surface area contributed by atoms with Crippen LogP contribution in [0.3, 0.4) is 0 Å². The number of benzene rings is 5. The third-order valence-corrected chi connectivity index (χ3v) is 12.0. The van der Waals surface area contributed by atoms with Gasteiger partial charge in [0.25, 0.3) is 0 Å². The molecule has 4 aliphatic rings. The van der Waals surface area contributed by atoms with Gasteiger partial charge in [-0.15, -0.1) is 0 Å². The van der Waals surface area contributed by atoms with Crippen molar-refractivity contribution in [2.45, 2.75) is 51.9 Å². The van der Waals surface area contributed by atoms with Gasteiger partial charge in [-0.05, 0) is 132 Å². The van der Waals surface area contributed by atoms with Crippen molar-refractivity contribution in [3.63, 3.8) is 0 Å². The van der Waals surface area contributed by atoms with E-state index in [-0.39, 0.29) is 5.41 Å². The van der Waals surface area contributed by atoms with Gasteiger partial charge in [0.15, 0.2) is 0 Å². The van der Waals surface area contributed by atoms with Crippen LogP contribution in [-0.4, -0.2) is 14.2 Å². The maximum atomic E-state index is 5.92. The molecule has 2 atom stereocenters. The second-order valence-corrected chi connectivity index (χ2v) is 15.9. The molecule has 0 N–H and O–H groups in total. The highest BCUT2D eigenvalue weighted by atomic mass is 16.5. The Hall–Kier alpha value is -5.60. The van der Waals surface area contributed by atoms with E-state index < -0.39 is 0 Å². The summed E-state index contributed by atoms with van der Waals surface area (Å²) in [5.41, 5.74) is 13.9. The third-order valence-electron chi connectivity index (χ3n) is 12.0. The number of rotatable bonds is 5. The fourth-order valence-electron chi connectivity index (χ4n) is 9.37. The van der Waals surface area contributed by atoms with Crippen LogP contribution in [0.5, 0.6) is 0 Å². The molecule has 0 amide bonds. The molecule has 5 aromatic rings. The molecule has 0 radical (unpaired) electrons. The van der Waals surface area contributed by atoms with Crippen LogP contribution in [0.25, 0.3) is 51.5 Å². The van der Waals surface area contributed by atoms with E-state index in [1.54, 1.807) is 14.2 Å². The Morgan fingerprint density at radius 1 is 0.830 bits per heavy atom. The molecule has 2 unspecified atom stereocenters. The summed E-state index contributed by atoms with van der Waals surface area (Å²) < 4.78 is 11.6. The van der Waals surface area contributed by atoms with E-state index in [0.717, 1.165) is 24.2 Å². The molecule has 0 heterocycles. The summed E-state index contributed by atoms with van der Waals surface area (Å²) >= 11 is 0. The molecule has 5 aromatic carbocycles. The molecule has 53 heavy (non-hydrogen) atoms. The molecule has 0 saturated heterocycles. The van der Waals surface area contributed by atoms with E-state index in [1.165, 1.54) is 87.3 Å². The number of hydrogen-bond acceptors (Lipinski definition) is 2. The number of ether oxygens (including phenoxy) is 2. The van der Waals surface area contributed by atoms with Crippen LogP contribution in [0, 0.1) is 5.92 Å². The normalized spacial score (nSPS) is 20.0. The lowest BCUT2D eigenvalue weighted by Crippen LogP contribution is -2.22. The van der Waals surface area contributed by atoms with Gasteiger partial charge in [0.1, 0.15) is 11.5 Å². The quantitative estimate of drug-likeness (QED) is 0.171. The molecular formula is C51H46O2. The summed E-state index contributed by atoms with van der Waals surface area (Å²) in [4.78, 5) is 0. The lowest BCUT2D eigenvalue weighted by atomic mass is 9.80. The average molecular weight is 691 g/mol. The maximum Gasteiger partial charge on any atom is 0.119 e. The van der Waals surface area contributed by atoms with Crippen molar-refractivity contribution >= 4 is 40.3 Å². The Kier molecular flexibility index (Phi) is 7.85. The monoisotopic (exact) mass is 690 g/mol. The van der Waals surface area contributed by atoms with E-state index in [0.29, 0.717) is 17.6 Å². The average Bonchev–Trinajstić information content (AvgIpc) is 3.38. The van der Waals surface area contributed by atoms with Crippen molar-refractivity contribution < 1.29 is 9.47 Å². The lowest BCUT2D eigenvalue weighted by Gasteiger charge is -2.23. The Bertz CT molecular complexity index is 2770. The molecule has 0 aliphatic heterocycles. The highest BCUT2D eigenvalue weighted by Gasteiger charge is 2.36. The molecule has 0 aromatic heterocycles. The highest BCUT2D eigenvalue weighted by Crippen LogP contribution is 2.49. The first-order valence-electron chi connectivity index (χ1n) is 18.9. The van der Waals surface area contributed by atoms with Gasteiger partial charge in [-0.3, -0.25) is 0 Å². The van der Waals surface area contributed by atoms with Crippen LogP contribution in [0.15, 0.2) is 121 Å². The number of hydrogen-bond donors (Lipinski definition) is 0. The van der Waals surface area contributed by atoms with Gasteiger partial charge in [0.05, 0.1) is 14.2 Å². The minimum absolute atomic E-state index is 0.187. The first-order valence-corrected chi connectivity index (χ1v) is 18.9. The van der Waals surface area contributed by atoms with Crippen LogP contribution in [0.2, 0.25) is 0 Å². The molecular weight excluding hydrogens is 645 g/mol. The van der Waals surface area contributed by atoms with Crippen molar-refractivity contribution in [1.29, 1.82) is 0 Å². The number of allylic oxidation sites excluding steroid dienone is 5. The SMILES string of the molecule is C=C(OC)c1ccc2c3c(cc/c(=C\c4ccc5c(c4)C(C)(C)c4cc(C6=c7ccc8c(c7)C(C=C(C)C=8)C/C=C/C(OC)=C6)ccc4-5)c13)=CC(C)C2. The van der Waals surface area contributed by atoms with Gasteiger partial charge >= 0.3 is 0 Å². The van der Waals surface area contributed by atoms with Gasteiger partial charge in [0.2, 0.25) is 0 Å². The van der Waals surface area contributed by atoms with E-state index in [4.69, 9.17) is 9.47 Å². The molecule has 0 spiro atoms. The second kappa shape index (κ2) is 12.5. The summed E-state index contributed by atoms with van der Waals surface area (Å²) in [5.74, 6) is 2.42. The first kappa shape index (κ1) is 33.3. The Balaban J connectivity index is 1.18. The molecule has 4 aliphatic carbocycles. The fourth-order valence-corrected chi connectivity index (χ4v) is 9.37. The fraction of sp³-hybridized carbons (Fsp3) is 0.216. The second-order valence-electron chi connectivity index (χ2n) is 15.9. The minimum atomic E-state index is -0.187. The Morgan fingerprint density at radius 2 is 1.62 bits per heavy atom. The van der Waals surface area contributed by atoms with Crippen LogP contribution < -0.4 is 20.9 Å². The summed E-state index contributed by atoms with van der Waals surface area (Å²) in [7, 11) is 3.48. The standard InChI is InChI=1S/C51H46O2/c1-30-21-34-9-8-10-41(53-7)29-46(36-13-12-35(22-30)45(34)27-36)37-16-20-44-43-18-11-33(26-47(43)51(4,5)48(44)28-37)25-40-15-14-38-23-31(2)24-39-17-19-42(32(3)52-6)50(40)49(38)39/h8,10-23,25-29,31,34H,3,9,24H2,1-2,4-7H3/b10-8+,40-25+,41-29?,46-36?. The minimum Gasteiger partial charge on any atom is -0.497 e. The van der Waals surface area contributed by atoms with Crippen molar-refractivity contribution in [3.8, 4) is 11.1 Å². The van der Waals surface area contributed by atoms with Gasteiger partial charge in [0, 0.05) is 22.3 Å².